The molecule has 7 nitrogen and oxygen atoms in total. The van der Waals surface area contributed by atoms with Crippen LogP contribution in [-0.4, -0.2) is 50.0 Å². The summed E-state index contributed by atoms with van der Waals surface area (Å²) in [5.74, 6) is -0.762. The molecule has 0 saturated carbocycles. The minimum absolute atomic E-state index is 0.0676. The first-order chi connectivity index (χ1) is 20.0. The van der Waals surface area contributed by atoms with Crippen molar-refractivity contribution in [3.8, 4) is 22.6 Å². The van der Waals surface area contributed by atoms with Crippen molar-refractivity contribution in [3.63, 3.8) is 0 Å². The van der Waals surface area contributed by atoms with Gasteiger partial charge in [-0.3, -0.25) is 9.78 Å². The Bertz CT molecular complexity index is 1770. The SMILES string of the molecule is CC1c2ccccc2C(F)CN1C(=O)c1cc(-c2ccccn2)n2nc(-c3ccc(N4CCCC4)cc3F)cc2n1. The van der Waals surface area contributed by atoms with E-state index in [2.05, 4.69) is 14.9 Å². The second kappa shape index (κ2) is 10.1. The van der Waals surface area contributed by atoms with Gasteiger partial charge in [-0.05, 0) is 67.3 Å². The van der Waals surface area contributed by atoms with Gasteiger partial charge >= 0.3 is 0 Å². The van der Waals surface area contributed by atoms with E-state index in [-0.39, 0.29) is 24.1 Å². The molecule has 2 atom stereocenters. The van der Waals surface area contributed by atoms with Crippen molar-refractivity contribution in [1.82, 2.24) is 24.5 Å². The number of carbonyl (C=O) groups is 1. The summed E-state index contributed by atoms with van der Waals surface area (Å²) in [6.45, 7) is 3.67. The maximum absolute atomic E-state index is 15.4. The van der Waals surface area contributed by atoms with Crippen LogP contribution in [0.1, 0.15) is 53.6 Å². The van der Waals surface area contributed by atoms with Crippen LogP contribution in [0.15, 0.2) is 79.0 Å². The monoisotopic (exact) mass is 550 g/mol. The van der Waals surface area contributed by atoms with Crippen LogP contribution in [-0.2, 0) is 0 Å². The Balaban J connectivity index is 1.31. The van der Waals surface area contributed by atoms with Crippen LogP contribution < -0.4 is 4.90 Å². The molecular formula is C32H28F2N6O. The number of carbonyl (C=O) groups excluding carboxylic acids is 1. The van der Waals surface area contributed by atoms with Crippen LogP contribution in [0.2, 0.25) is 0 Å². The smallest absolute Gasteiger partial charge is 0.273 e. The number of alkyl halides is 1. The topological polar surface area (TPSA) is 66.6 Å². The molecule has 206 valence electrons. The van der Waals surface area contributed by atoms with Crippen molar-refractivity contribution in [1.29, 1.82) is 0 Å². The zero-order valence-electron chi connectivity index (χ0n) is 22.5. The molecule has 3 aromatic heterocycles. The van der Waals surface area contributed by atoms with Crippen molar-refractivity contribution < 1.29 is 13.6 Å². The molecule has 7 rings (SSSR count). The summed E-state index contributed by atoms with van der Waals surface area (Å²) >= 11 is 0. The number of benzene rings is 2. The standard InChI is InChI=1S/C32H28F2N6O/c1-20-22-8-2-3-9-23(22)26(34)19-39(20)32(41)29-17-30(27-10-4-5-13-35-27)40-31(36-29)18-28(37-40)24-12-11-21(16-25(24)33)38-14-6-7-15-38/h2-5,8-13,16-18,20,26H,6-7,14-15,19H2,1H3. The molecule has 5 heterocycles. The van der Waals surface area contributed by atoms with E-state index in [9.17, 15) is 4.79 Å². The summed E-state index contributed by atoms with van der Waals surface area (Å²) in [5.41, 5.74) is 4.62. The van der Waals surface area contributed by atoms with E-state index in [0.29, 0.717) is 33.9 Å². The minimum atomic E-state index is -1.29. The van der Waals surface area contributed by atoms with Crippen LogP contribution in [0.25, 0.3) is 28.3 Å². The van der Waals surface area contributed by atoms with Crippen LogP contribution in [0.4, 0.5) is 14.5 Å². The molecule has 41 heavy (non-hydrogen) atoms. The maximum atomic E-state index is 15.4. The van der Waals surface area contributed by atoms with Gasteiger partial charge in [0, 0.05) is 36.6 Å². The molecule has 0 N–H and O–H groups in total. The Kier molecular flexibility index (Phi) is 6.22. The van der Waals surface area contributed by atoms with E-state index in [1.807, 2.05) is 43.3 Å². The van der Waals surface area contributed by atoms with Gasteiger partial charge in [-0.25, -0.2) is 18.3 Å². The molecule has 5 aromatic rings. The summed E-state index contributed by atoms with van der Waals surface area (Å²) in [7, 11) is 0. The number of amides is 1. The summed E-state index contributed by atoms with van der Waals surface area (Å²) in [6, 6.07) is 20.9. The Hall–Kier alpha value is -4.66. The average molecular weight is 551 g/mol. The number of hydrogen-bond donors (Lipinski definition) is 0. The third-order valence-corrected chi connectivity index (χ3v) is 8.14. The van der Waals surface area contributed by atoms with Gasteiger partial charge in [-0.2, -0.15) is 5.10 Å². The van der Waals surface area contributed by atoms with Crippen LogP contribution >= 0.6 is 0 Å². The summed E-state index contributed by atoms with van der Waals surface area (Å²) in [5, 5.41) is 4.69. The Labute approximate surface area is 236 Å². The predicted molar refractivity (Wildman–Crippen MR) is 153 cm³/mol. The van der Waals surface area contributed by atoms with Crippen molar-refractivity contribution in [2.45, 2.75) is 32.0 Å². The van der Waals surface area contributed by atoms with Crippen LogP contribution in [0, 0.1) is 5.82 Å². The zero-order valence-corrected chi connectivity index (χ0v) is 22.5. The highest BCUT2D eigenvalue weighted by Gasteiger charge is 2.34. The number of pyridine rings is 1. The number of anilines is 1. The van der Waals surface area contributed by atoms with E-state index in [4.69, 9.17) is 5.10 Å². The van der Waals surface area contributed by atoms with E-state index in [1.54, 1.807) is 47.1 Å². The van der Waals surface area contributed by atoms with Crippen molar-refractivity contribution in [2.75, 3.05) is 24.5 Å². The maximum Gasteiger partial charge on any atom is 0.273 e. The Morgan fingerprint density at radius 3 is 2.46 bits per heavy atom. The number of aromatic nitrogens is 4. The van der Waals surface area contributed by atoms with Gasteiger partial charge in [0.05, 0.1) is 29.7 Å². The highest BCUT2D eigenvalue weighted by atomic mass is 19.1. The fraction of sp³-hybridized carbons (Fsp3) is 0.250. The lowest BCUT2D eigenvalue weighted by atomic mass is 9.92. The fourth-order valence-electron chi connectivity index (χ4n) is 5.98. The quantitative estimate of drug-likeness (QED) is 0.258. The molecule has 1 amide bonds. The molecule has 2 aromatic carbocycles. The normalized spacial score (nSPS) is 18.6. The summed E-state index contributed by atoms with van der Waals surface area (Å²) in [4.78, 5) is 26.7. The van der Waals surface area contributed by atoms with E-state index >= 15 is 8.78 Å². The summed E-state index contributed by atoms with van der Waals surface area (Å²) < 4.78 is 32.1. The van der Waals surface area contributed by atoms with Gasteiger partial charge in [-0.15, -0.1) is 0 Å². The predicted octanol–water partition coefficient (Wildman–Crippen LogP) is 6.43. The first-order valence-corrected chi connectivity index (χ1v) is 13.9. The molecule has 2 unspecified atom stereocenters. The highest BCUT2D eigenvalue weighted by molar-refractivity contribution is 5.94. The zero-order chi connectivity index (χ0) is 28.1. The molecule has 0 radical (unpaired) electrons. The molecule has 2 aliphatic rings. The molecule has 1 fully saturated rings. The molecule has 0 aliphatic carbocycles. The second-order valence-corrected chi connectivity index (χ2v) is 10.6. The molecule has 0 spiro atoms. The van der Waals surface area contributed by atoms with Crippen molar-refractivity contribution in [3.05, 3.63) is 102 Å². The lowest BCUT2D eigenvalue weighted by Gasteiger charge is -2.36. The molecule has 2 aliphatic heterocycles. The van der Waals surface area contributed by atoms with Crippen LogP contribution in [0.3, 0.4) is 0 Å². The molecule has 1 saturated heterocycles. The number of nitrogens with zero attached hydrogens (tertiary/aromatic N) is 6. The van der Waals surface area contributed by atoms with Gasteiger partial charge in [0.1, 0.15) is 17.7 Å². The number of rotatable bonds is 4. The number of halogens is 2. The van der Waals surface area contributed by atoms with Crippen molar-refractivity contribution >= 4 is 17.2 Å². The largest absolute Gasteiger partial charge is 0.371 e. The third-order valence-electron chi connectivity index (χ3n) is 8.14. The number of fused-ring (bicyclic) bond motifs is 2. The third kappa shape index (κ3) is 4.41. The Morgan fingerprint density at radius 2 is 1.71 bits per heavy atom. The van der Waals surface area contributed by atoms with Gasteiger partial charge in [0.2, 0.25) is 0 Å². The lowest BCUT2D eigenvalue weighted by molar-refractivity contribution is 0.0585. The lowest BCUT2D eigenvalue weighted by Crippen LogP contribution is -2.40. The van der Waals surface area contributed by atoms with E-state index in [1.165, 1.54) is 4.90 Å². The van der Waals surface area contributed by atoms with Gasteiger partial charge in [-0.1, -0.05) is 30.3 Å². The first-order valence-electron chi connectivity index (χ1n) is 13.9. The van der Waals surface area contributed by atoms with Gasteiger partial charge < -0.3 is 9.80 Å². The minimum Gasteiger partial charge on any atom is -0.371 e. The van der Waals surface area contributed by atoms with Gasteiger partial charge in [0.15, 0.2) is 5.65 Å². The summed E-state index contributed by atoms with van der Waals surface area (Å²) in [6.07, 6.45) is 2.57. The molecule has 9 heteroatoms. The average Bonchev–Trinajstić information content (AvgIpc) is 3.69. The number of hydrogen-bond acceptors (Lipinski definition) is 5. The van der Waals surface area contributed by atoms with Gasteiger partial charge in [0.25, 0.3) is 5.91 Å². The van der Waals surface area contributed by atoms with E-state index < -0.39 is 12.1 Å². The van der Waals surface area contributed by atoms with E-state index in [0.717, 1.165) is 37.2 Å². The Morgan fingerprint density at radius 1 is 0.927 bits per heavy atom. The fourth-order valence-corrected chi connectivity index (χ4v) is 5.98. The second-order valence-electron chi connectivity index (χ2n) is 10.6. The highest BCUT2D eigenvalue weighted by Crippen LogP contribution is 2.37. The van der Waals surface area contributed by atoms with Crippen molar-refractivity contribution in [2.24, 2.45) is 0 Å². The molecular weight excluding hydrogens is 522 g/mol. The molecule has 0 bridgehead atoms. The first kappa shape index (κ1) is 25.3. The van der Waals surface area contributed by atoms with Crippen LogP contribution in [0.5, 0.6) is 0 Å².